The third kappa shape index (κ3) is 3.50. The van der Waals surface area contributed by atoms with Crippen LogP contribution >= 0.6 is 0 Å². The molecule has 0 bridgehead atoms. The number of carbonyl (C=O) groups is 1. The molecule has 1 fully saturated rings. The van der Waals surface area contributed by atoms with Crippen LogP contribution in [0.2, 0.25) is 0 Å². The van der Waals surface area contributed by atoms with E-state index in [0.717, 1.165) is 49.5 Å². The molecule has 5 rings (SSSR count). The summed E-state index contributed by atoms with van der Waals surface area (Å²) in [6, 6.07) is 7.07. The Bertz CT molecular complexity index is 1290. The van der Waals surface area contributed by atoms with Gasteiger partial charge in [0.05, 0.1) is 28.3 Å². The van der Waals surface area contributed by atoms with Crippen LogP contribution in [-0.4, -0.2) is 51.1 Å². The number of imidazole rings is 1. The van der Waals surface area contributed by atoms with Crippen LogP contribution in [0.3, 0.4) is 0 Å². The number of fused-ring (bicyclic) bond motifs is 2. The third-order valence-electron chi connectivity index (χ3n) is 5.59. The highest BCUT2D eigenvalue weighted by Gasteiger charge is 2.20. The molecule has 0 unspecified atom stereocenters. The van der Waals surface area contributed by atoms with Crippen molar-refractivity contribution < 1.29 is 9.18 Å². The van der Waals surface area contributed by atoms with Crippen LogP contribution in [0.4, 0.5) is 15.8 Å². The molecular formula is C22H24FN7O. The molecule has 4 aromatic heterocycles. The average Bonchev–Trinajstić information content (AvgIpc) is 3.37. The molecule has 0 atom stereocenters. The number of pyridine rings is 2. The maximum atomic E-state index is 14.4. The van der Waals surface area contributed by atoms with E-state index < -0.39 is 5.82 Å². The molecule has 0 aromatic carbocycles. The molecule has 0 saturated carbocycles. The summed E-state index contributed by atoms with van der Waals surface area (Å²) in [6.07, 6.45) is 4.14. The minimum atomic E-state index is -0.488. The monoisotopic (exact) mass is 421 g/mol. The van der Waals surface area contributed by atoms with Crippen molar-refractivity contribution in [1.29, 1.82) is 0 Å². The first-order valence-electron chi connectivity index (χ1n) is 10.5. The van der Waals surface area contributed by atoms with Crippen LogP contribution in [0.1, 0.15) is 28.8 Å². The Kier molecular flexibility index (Phi) is 4.82. The van der Waals surface area contributed by atoms with Gasteiger partial charge in [-0.15, -0.1) is 0 Å². The van der Waals surface area contributed by atoms with E-state index in [4.69, 9.17) is 0 Å². The second-order valence-corrected chi connectivity index (χ2v) is 7.77. The van der Waals surface area contributed by atoms with Gasteiger partial charge in [-0.25, -0.2) is 13.9 Å². The molecule has 1 aliphatic heterocycles. The normalized spacial score (nSPS) is 14.5. The van der Waals surface area contributed by atoms with Gasteiger partial charge < -0.3 is 19.9 Å². The lowest BCUT2D eigenvalue weighted by molar-refractivity contribution is 0.102. The summed E-state index contributed by atoms with van der Waals surface area (Å²) < 4.78 is 17.7. The summed E-state index contributed by atoms with van der Waals surface area (Å²) in [5, 5.41) is 10.8. The first kappa shape index (κ1) is 19.5. The van der Waals surface area contributed by atoms with Crippen molar-refractivity contribution in [3.05, 3.63) is 59.6 Å². The minimum Gasteiger partial charge on any atom is -0.367 e. The summed E-state index contributed by atoms with van der Waals surface area (Å²) >= 11 is 0. The van der Waals surface area contributed by atoms with Gasteiger partial charge in [0.2, 0.25) is 0 Å². The second kappa shape index (κ2) is 7.66. The van der Waals surface area contributed by atoms with Gasteiger partial charge >= 0.3 is 0 Å². The highest BCUT2D eigenvalue weighted by Crippen LogP contribution is 2.26. The summed E-state index contributed by atoms with van der Waals surface area (Å²) in [5.41, 5.74) is 4.57. The molecule has 4 aromatic rings. The van der Waals surface area contributed by atoms with E-state index in [-0.39, 0.29) is 11.6 Å². The van der Waals surface area contributed by atoms with Gasteiger partial charge in [0, 0.05) is 44.6 Å². The molecule has 1 saturated heterocycles. The molecule has 0 aliphatic carbocycles. The fourth-order valence-electron chi connectivity index (χ4n) is 4.07. The van der Waals surface area contributed by atoms with Crippen LogP contribution < -0.4 is 15.5 Å². The van der Waals surface area contributed by atoms with Crippen molar-refractivity contribution in [3.63, 3.8) is 0 Å². The Morgan fingerprint density at radius 3 is 2.81 bits per heavy atom. The van der Waals surface area contributed by atoms with E-state index in [0.29, 0.717) is 17.1 Å². The number of nitrogens with one attached hydrogen (secondary N) is 2. The summed E-state index contributed by atoms with van der Waals surface area (Å²) in [6.45, 7) is 7.48. The Hall–Kier alpha value is -3.46. The quantitative estimate of drug-likeness (QED) is 0.530. The van der Waals surface area contributed by atoms with Crippen molar-refractivity contribution in [2.75, 3.05) is 36.4 Å². The smallest absolute Gasteiger partial charge is 0.274 e. The van der Waals surface area contributed by atoms with Gasteiger partial charge in [-0.1, -0.05) is 6.92 Å². The van der Waals surface area contributed by atoms with Crippen molar-refractivity contribution in [1.82, 2.24) is 24.3 Å². The number of aryl methyl sites for hydroxylation is 2. The number of aromatic nitrogens is 4. The van der Waals surface area contributed by atoms with E-state index in [2.05, 4.69) is 25.6 Å². The minimum absolute atomic E-state index is 0.234. The van der Waals surface area contributed by atoms with E-state index in [9.17, 15) is 9.18 Å². The van der Waals surface area contributed by atoms with Gasteiger partial charge in [-0.3, -0.25) is 4.79 Å². The van der Waals surface area contributed by atoms with E-state index in [1.807, 2.05) is 19.1 Å². The van der Waals surface area contributed by atoms with Gasteiger partial charge in [0.25, 0.3) is 5.91 Å². The van der Waals surface area contributed by atoms with E-state index in [1.165, 1.54) is 6.07 Å². The molecule has 0 spiro atoms. The molecule has 1 amide bonds. The van der Waals surface area contributed by atoms with Crippen molar-refractivity contribution in [3.8, 4) is 0 Å². The highest BCUT2D eigenvalue weighted by molar-refractivity contribution is 6.04. The molecule has 160 valence electrons. The van der Waals surface area contributed by atoms with Gasteiger partial charge in [-0.2, -0.15) is 5.10 Å². The first-order chi connectivity index (χ1) is 15.0. The topological polar surface area (TPSA) is 79.0 Å². The molecule has 9 heteroatoms. The summed E-state index contributed by atoms with van der Waals surface area (Å²) in [5.74, 6) is -0.837. The summed E-state index contributed by atoms with van der Waals surface area (Å²) in [4.78, 5) is 19.6. The zero-order valence-electron chi connectivity index (χ0n) is 17.5. The predicted octanol–water partition coefficient (Wildman–Crippen LogP) is 2.65. The second-order valence-electron chi connectivity index (χ2n) is 7.77. The standard InChI is InChI=1S/C22H24FN7O/c1-3-15-11-20-18(28-8-6-24-7-9-28)4-5-19(30(20)27-15)22(31)26-16-10-17(23)21-25-14(2)12-29(21)13-16/h4-5,10-13,24H,3,6-9H2,1-2H3,(H,26,31). The van der Waals surface area contributed by atoms with Crippen molar-refractivity contribution in [2.24, 2.45) is 0 Å². The number of nitrogens with zero attached hydrogens (tertiary/aromatic N) is 5. The predicted molar refractivity (Wildman–Crippen MR) is 117 cm³/mol. The van der Waals surface area contributed by atoms with Crippen LogP contribution in [-0.2, 0) is 6.42 Å². The van der Waals surface area contributed by atoms with E-state index >= 15 is 0 Å². The van der Waals surface area contributed by atoms with Gasteiger partial charge in [0.1, 0.15) is 5.69 Å². The van der Waals surface area contributed by atoms with Crippen LogP contribution in [0, 0.1) is 12.7 Å². The van der Waals surface area contributed by atoms with Gasteiger partial charge in [-0.05, 0) is 31.5 Å². The van der Waals surface area contributed by atoms with Gasteiger partial charge in [0.15, 0.2) is 11.5 Å². The maximum absolute atomic E-state index is 14.4. The molecule has 0 radical (unpaired) electrons. The zero-order valence-corrected chi connectivity index (χ0v) is 17.5. The molecule has 31 heavy (non-hydrogen) atoms. The number of anilines is 2. The largest absolute Gasteiger partial charge is 0.367 e. The number of hydrogen-bond donors (Lipinski definition) is 2. The van der Waals surface area contributed by atoms with E-state index in [1.54, 1.807) is 34.3 Å². The number of halogens is 1. The fourth-order valence-corrected chi connectivity index (χ4v) is 4.07. The Labute approximate surface area is 178 Å². The number of piperazine rings is 1. The zero-order chi connectivity index (χ0) is 21.5. The number of carbonyl (C=O) groups excluding carboxylic acids is 1. The molecule has 1 aliphatic rings. The maximum Gasteiger partial charge on any atom is 0.274 e. The fraction of sp³-hybridized carbons (Fsp3) is 0.318. The Morgan fingerprint density at radius 1 is 1.23 bits per heavy atom. The number of amides is 1. The first-order valence-corrected chi connectivity index (χ1v) is 10.5. The van der Waals surface area contributed by atoms with Crippen molar-refractivity contribution in [2.45, 2.75) is 20.3 Å². The van der Waals surface area contributed by atoms with Crippen LogP contribution in [0.25, 0.3) is 11.2 Å². The molecule has 5 heterocycles. The average molecular weight is 421 g/mol. The lowest BCUT2D eigenvalue weighted by Gasteiger charge is -2.30. The molecule has 8 nitrogen and oxygen atoms in total. The number of hydrogen-bond acceptors (Lipinski definition) is 5. The van der Waals surface area contributed by atoms with Crippen molar-refractivity contribution >= 4 is 28.4 Å². The molecular weight excluding hydrogens is 397 g/mol. The summed E-state index contributed by atoms with van der Waals surface area (Å²) in [7, 11) is 0. The Morgan fingerprint density at radius 2 is 2.03 bits per heavy atom. The molecule has 2 N–H and O–H groups in total. The third-order valence-corrected chi connectivity index (χ3v) is 5.59. The lowest BCUT2D eigenvalue weighted by atomic mass is 10.2. The Balaban J connectivity index is 1.52. The lowest BCUT2D eigenvalue weighted by Crippen LogP contribution is -2.43. The SMILES string of the molecule is CCc1cc2c(N3CCNCC3)ccc(C(=O)Nc3cc(F)c4nc(C)cn4c3)n2n1. The number of rotatable bonds is 4. The van der Waals surface area contributed by atoms with Crippen LogP contribution in [0.5, 0.6) is 0 Å². The highest BCUT2D eigenvalue weighted by atomic mass is 19.1. The van der Waals surface area contributed by atoms with Crippen LogP contribution in [0.15, 0.2) is 36.7 Å².